The fraction of sp³-hybridized carbons (Fsp3) is 0.154. The number of ether oxygens (including phenoxy) is 1. The molecule has 1 N–H and O–H groups in total. The number of carbonyl (C=O) groups is 2. The van der Waals surface area contributed by atoms with E-state index in [9.17, 15) is 14.0 Å². The minimum Gasteiger partial charge on any atom is -0.460 e. The Kier molecular flexibility index (Phi) is 5.23. The van der Waals surface area contributed by atoms with E-state index in [0.29, 0.717) is 5.69 Å². The molecule has 0 heterocycles. The zero-order valence-electron chi connectivity index (χ0n) is 10.1. The van der Waals surface area contributed by atoms with Crippen molar-refractivity contribution in [2.45, 2.75) is 6.92 Å². The average molecular weight is 262 g/mol. The number of benzene rings is 1. The highest BCUT2D eigenvalue weighted by atomic mass is 19.1. The normalized spacial score (nSPS) is 10.5. The van der Waals surface area contributed by atoms with Gasteiger partial charge in [0.25, 0.3) is 5.78 Å². The molecule has 0 amide bonds. The molecule has 0 saturated heterocycles. The Morgan fingerprint density at radius 2 is 2.05 bits per heavy atom. The second-order valence-corrected chi connectivity index (χ2v) is 3.37. The second-order valence-electron chi connectivity index (χ2n) is 3.37. The number of nitrogens with zero attached hydrogens (tertiary/aromatic N) is 1. The van der Waals surface area contributed by atoms with Crippen molar-refractivity contribution in [3.8, 4) is 6.07 Å². The largest absolute Gasteiger partial charge is 0.460 e. The van der Waals surface area contributed by atoms with Crippen LogP contribution in [0.5, 0.6) is 0 Å². The summed E-state index contributed by atoms with van der Waals surface area (Å²) in [6, 6.07) is 6.88. The molecule has 0 radical (unpaired) electrons. The molecule has 0 aromatic heterocycles. The Labute approximate surface area is 109 Å². The van der Waals surface area contributed by atoms with E-state index in [1.54, 1.807) is 13.0 Å². The van der Waals surface area contributed by atoms with Crippen molar-refractivity contribution in [3.63, 3.8) is 0 Å². The average Bonchev–Trinajstić information content (AvgIpc) is 2.41. The minimum atomic E-state index is -1.09. The van der Waals surface area contributed by atoms with Crippen molar-refractivity contribution in [2.24, 2.45) is 0 Å². The summed E-state index contributed by atoms with van der Waals surface area (Å²) >= 11 is 0. The molecule has 0 atom stereocenters. The third-order valence-electron chi connectivity index (χ3n) is 2.05. The molecule has 0 aliphatic rings. The Morgan fingerprint density at radius 1 is 1.42 bits per heavy atom. The molecule has 0 unspecified atom stereocenters. The van der Waals surface area contributed by atoms with E-state index in [0.717, 1.165) is 6.20 Å². The van der Waals surface area contributed by atoms with Crippen molar-refractivity contribution in [1.82, 2.24) is 0 Å². The van der Waals surface area contributed by atoms with Gasteiger partial charge in [-0.3, -0.25) is 4.79 Å². The highest BCUT2D eigenvalue weighted by Crippen LogP contribution is 2.09. The fourth-order valence-corrected chi connectivity index (χ4v) is 1.16. The summed E-state index contributed by atoms with van der Waals surface area (Å²) in [6.07, 6.45) is 1.08. The zero-order chi connectivity index (χ0) is 14.3. The lowest BCUT2D eigenvalue weighted by Crippen LogP contribution is -2.19. The summed E-state index contributed by atoms with van der Waals surface area (Å²) in [7, 11) is 0. The van der Waals surface area contributed by atoms with Crippen molar-refractivity contribution in [3.05, 3.63) is 41.9 Å². The van der Waals surface area contributed by atoms with Crippen molar-refractivity contribution < 1.29 is 18.7 Å². The van der Waals surface area contributed by atoms with E-state index in [2.05, 4.69) is 10.1 Å². The predicted molar refractivity (Wildman–Crippen MR) is 65.4 cm³/mol. The first kappa shape index (κ1) is 14.4. The quantitative estimate of drug-likeness (QED) is 0.378. The molecular weight excluding hydrogens is 251 g/mol. The van der Waals surface area contributed by atoms with E-state index in [4.69, 9.17) is 5.26 Å². The van der Waals surface area contributed by atoms with E-state index >= 15 is 0 Å². The Bertz CT molecular complexity index is 544. The van der Waals surface area contributed by atoms with Gasteiger partial charge < -0.3 is 10.1 Å². The lowest BCUT2D eigenvalue weighted by Gasteiger charge is -2.02. The van der Waals surface area contributed by atoms with Gasteiger partial charge in [0.2, 0.25) is 0 Å². The van der Waals surface area contributed by atoms with Crippen LogP contribution >= 0.6 is 0 Å². The first-order valence-electron chi connectivity index (χ1n) is 5.42. The number of rotatable bonds is 5. The van der Waals surface area contributed by atoms with Crippen molar-refractivity contribution in [1.29, 1.82) is 5.26 Å². The van der Waals surface area contributed by atoms with Crippen molar-refractivity contribution in [2.75, 3.05) is 11.9 Å². The van der Waals surface area contributed by atoms with E-state index in [1.165, 1.54) is 24.3 Å². The van der Waals surface area contributed by atoms with Gasteiger partial charge in [0, 0.05) is 11.9 Å². The molecule has 1 aromatic rings. The first-order valence-corrected chi connectivity index (χ1v) is 5.42. The van der Waals surface area contributed by atoms with Gasteiger partial charge in [-0.1, -0.05) is 0 Å². The summed E-state index contributed by atoms with van der Waals surface area (Å²) in [5.41, 5.74) is 0.0913. The molecule has 0 bridgehead atoms. The third kappa shape index (κ3) is 4.24. The Morgan fingerprint density at radius 3 is 2.58 bits per heavy atom. The molecule has 19 heavy (non-hydrogen) atoms. The van der Waals surface area contributed by atoms with Gasteiger partial charge in [-0.05, 0) is 31.2 Å². The Balaban J connectivity index is 2.78. The van der Waals surface area contributed by atoms with Gasteiger partial charge >= 0.3 is 5.97 Å². The molecule has 1 rings (SSSR count). The molecule has 6 heteroatoms. The summed E-state index contributed by atoms with van der Waals surface area (Å²) in [5, 5.41) is 11.4. The number of hydrogen-bond acceptors (Lipinski definition) is 5. The van der Waals surface area contributed by atoms with Crippen LogP contribution in [0.3, 0.4) is 0 Å². The number of ketones is 1. The van der Waals surface area contributed by atoms with Crippen LogP contribution in [0.25, 0.3) is 0 Å². The number of esters is 1. The summed E-state index contributed by atoms with van der Waals surface area (Å²) < 4.78 is 17.2. The van der Waals surface area contributed by atoms with Gasteiger partial charge in [0.15, 0.2) is 0 Å². The number of carbonyl (C=O) groups excluding carboxylic acids is 2. The number of nitrogens with one attached hydrogen (secondary N) is 1. The smallest absolute Gasteiger partial charge is 0.380 e. The third-order valence-corrected chi connectivity index (χ3v) is 2.05. The highest BCUT2D eigenvalue weighted by Gasteiger charge is 2.19. The van der Waals surface area contributed by atoms with Gasteiger partial charge in [-0.15, -0.1) is 0 Å². The van der Waals surface area contributed by atoms with Crippen LogP contribution in [-0.4, -0.2) is 18.4 Å². The summed E-state index contributed by atoms with van der Waals surface area (Å²) in [6.45, 7) is 1.60. The van der Waals surface area contributed by atoms with E-state index in [-0.39, 0.29) is 12.2 Å². The van der Waals surface area contributed by atoms with Crippen LogP contribution < -0.4 is 5.32 Å². The molecule has 0 aliphatic heterocycles. The SMILES string of the molecule is CCOC(=O)C(=O)/C(C#N)=C\Nc1ccc(F)cc1. The fourth-order valence-electron chi connectivity index (χ4n) is 1.16. The van der Waals surface area contributed by atoms with Crippen LogP contribution in [-0.2, 0) is 14.3 Å². The van der Waals surface area contributed by atoms with Gasteiger partial charge in [0.05, 0.1) is 6.61 Å². The second kappa shape index (κ2) is 6.91. The molecule has 0 spiro atoms. The lowest BCUT2D eigenvalue weighted by atomic mass is 10.2. The van der Waals surface area contributed by atoms with Crippen LogP contribution in [0.15, 0.2) is 36.0 Å². The molecule has 0 fully saturated rings. The monoisotopic (exact) mass is 262 g/mol. The first-order chi connectivity index (χ1) is 9.08. The molecule has 5 nitrogen and oxygen atoms in total. The predicted octanol–water partition coefficient (Wildman–Crippen LogP) is 1.78. The molecule has 0 saturated carbocycles. The summed E-state index contributed by atoms with van der Waals surface area (Å²) in [4.78, 5) is 22.6. The van der Waals surface area contributed by atoms with Gasteiger partial charge in [0.1, 0.15) is 17.5 Å². The number of anilines is 1. The number of halogens is 1. The maximum Gasteiger partial charge on any atom is 0.380 e. The van der Waals surface area contributed by atoms with Crippen molar-refractivity contribution >= 4 is 17.4 Å². The topological polar surface area (TPSA) is 79.2 Å². The number of hydrogen-bond donors (Lipinski definition) is 1. The molecule has 98 valence electrons. The molecule has 1 aromatic carbocycles. The zero-order valence-corrected chi connectivity index (χ0v) is 10.1. The summed E-state index contributed by atoms with van der Waals surface area (Å²) in [5.74, 6) is -2.52. The van der Waals surface area contributed by atoms with Crippen LogP contribution in [0, 0.1) is 17.1 Å². The molecular formula is C13H11FN2O3. The maximum absolute atomic E-state index is 12.7. The number of nitriles is 1. The van der Waals surface area contributed by atoms with E-state index in [1.807, 2.05) is 0 Å². The molecule has 0 aliphatic carbocycles. The lowest BCUT2D eigenvalue weighted by molar-refractivity contribution is -0.151. The standard InChI is InChI=1S/C13H11FN2O3/c1-2-19-13(18)12(17)9(7-15)8-16-11-5-3-10(14)4-6-11/h3-6,8,16H,2H2,1H3/b9-8-. The minimum absolute atomic E-state index is 0.0503. The van der Waals surface area contributed by atoms with E-state index < -0.39 is 17.6 Å². The Hall–Kier alpha value is -2.68. The van der Waals surface area contributed by atoms with Gasteiger partial charge in [-0.2, -0.15) is 5.26 Å². The van der Waals surface area contributed by atoms with Gasteiger partial charge in [-0.25, -0.2) is 9.18 Å². The van der Waals surface area contributed by atoms with Crippen LogP contribution in [0.4, 0.5) is 10.1 Å². The van der Waals surface area contributed by atoms with Crippen LogP contribution in [0.1, 0.15) is 6.92 Å². The number of Topliss-reactive ketones (excluding diaryl/α,β-unsaturated/α-hetero) is 1. The maximum atomic E-state index is 12.7. The van der Waals surface area contributed by atoms with Crippen LogP contribution in [0.2, 0.25) is 0 Å². The highest BCUT2D eigenvalue weighted by molar-refractivity contribution is 6.41.